The highest BCUT2D eigenvalue weighted by Gasteiger charge is 2.18. The first-order valence-electron chi connectivity index (χ1n) is 9.73. The van der Waals surface area contributed by atoms with E-state index in [1.165, 1.54) is 11.1 Å². The number of carbonyl (C=O) groups excluding carboxylic acids is 1. The topological polar surface area (TPSA) is 66.0 Å². The van der Waals surface area contributed by atoms with Gasteiger partial charge in [-0.05, 0) is 48.7 Å². The molecule has 0 bridgehead atoms. The van der Waals surface area contributed by atoms with Gasteiger partial charge >= 0.3 is 0 Å². The average molecular weight is 380 g/mol. The molecule has 2 aromatic carbocycles. The van der Waals surface area contributed by atoms with Gasteiger partial charge in [-0.25, -0.2) is 0 Å². The van der Waals surface area contributed by atoms with Crippen molar-refractivity contribution in [3.05, 3.63) is 65.2 Å². The van der Waals surface area contributed by atoms with Gasteiger partial charge in [0.25, 0.3) is 5.91 Å². The van der Waals surface area contributed by atoms with E-state index in [1.54, 1.807) is 31.4 Å². The number of hydrogen-bond acceptors (Lipinski definition) is 3. The maximum Gasteiger partial charge on any atom is 0.251 e. The maximum atomic E-state index is 12.2. The number of nitrogens with zero attached hydrogens (tertiary/aromatic N) is 2. The molecular weight excluding hydrogens is 352 g/mol. The van der Waals surface area contributed by atoms with Crippen LogP contribution in [0.4, 0.5) is 0 Å². The van der Waals surface area contributed by atoms with Crippen LogP contribution in [-0.4, -0.2) is 50.1 Å². The Morgan fingerprint density at radius 2 is 1.86 bits per heavy atom. The number of fused-ring (bicyclic) bond motifs is 1. The number of nitrogens with one attached hydrogen (secondary N) is 2. The van der Waals surface area contributed by atoms with Crippen LogP contribution < -0.4 is 15.4 Å². The molecular formula is C22H28N4O2. The minimum atomic E-state index is -0.102. The molecule has 1 aliphatic heterocycles. The molecule has 0 spiro atoms. The van der Waals surface area contributed by atoms with Gasteiger partial charge in [0.05, 0.1) is 13.7 Å². The summed E-state index contributed by atoms with van der Waals surface area (Å²) in [6, 6.07) is 15.6. The Morgan fingerprint density at radius 1 is 1.11 bits per heavy atom. The molecule has 0 saturated carbocycles. The lowest BCUT2D eigenvalue weighted by Crippen LogP contribution is -2.44. The number of ether oxygens (including phenoxy) is 1. The Kier molecular flexibility index (Phi) is 6.89. The number of hydrogen-bond donors (Lipinski definition) is 2. The van der Waals surface area contributed by atoms with Crippen molar-refractivity contribution in [2.24, 2.45) is 4.99 Å². The summed E-state index contributed by atoms with van der Waals surface area (Å²) < 4.78 is 5.12. The van der Waals surface area contributed by atoms with Gasteiger partial charge in [0.1, 0.15) is 5.75 Å². The molecule has 0 aliphatic carbocycles. The number of aliphatic imine (C=N–C) groups is 1. The Labute approximate surface area is 166 Å². The van der Waals surface area contributed by atoms with Gasteiger partial charge < -0.3 is 20.3 Å². The number of carbonyl (C=O) groups is 1. The van der Waals surface area contributed by atoms with Gasteiger partial charge in [-0.3, -0.25) is 9.79 Å². The second-order valence-electron chi connectivity index (χ2n) is 6.66. The molecule has 0 saturated heterocycles. The van der Waals surface area contributed by atoms with Crippen molar-refractivity contribution in [2.75, 3.05) is 33.3 Å². The zero-order chi connectivity index (χ0) is 19.8. The molecule has 0 aromatic heterocycles. The van der Waals surface area contributed by atoms with E-state index >= 15 is 0 Å². The lowest BCUT2D eigenvalue weighted by Gasteiger charge is -2.31. The van der Waals surface area contributed by atoms with Crippen molar-refractivity contribution in [1.82, 2.24) is 15.5 Å². The van der Waals surface area contributed by atoms with Crippen molar-refractivity contribution in [3.8, 4) is 5.75 Å². The first-order valence-corrected chi connectivity index (χ1v) is 9.73. The van der Waals surface area contributed by atoms with Crippen molar-refractivity contribution >= 4 is 11.9 Å². The summed E-state index contributed by atoms with van der Waals surface area (Å²) in [7, 11) is 1.61. The highest BCUT2D eigenvalue weighted by molar-refractivity contribution is 5.94. The zero-order valence-corrected chi connectivity index (χ0v) is 16.6. The third-order valence-electron chi connectivity index (χ3n) is 4.78. The predicted molar refractivity (Wildman–Crippen MR) is 112 cm³/mol. The van der Waals surface area contributed by atoms with Crippen LogP contribution in [0.2, 0.25) is 0 Å². The molecule has 6 nitrogen and oxygen atoms in total. The minimum absolute atomic E-state index is 0.102. The Bertz CT molecular complexity index is 818. The molecule has 2 N–H and O–H groups in total. The molecule has 1 heterocycles. The van der Waals surface area contributed by atoms with Crippen molar-refractivity contribution in [1.29, 1.82) is 0 Å². The average Bonchev–Trinajstić information content (AvgIpc) is 2.75. The molecule has 0 atom stereocenters. The molecule has 0 radical (unpaired) electrons. The number of methoxy groups -OCH3 is 1. The van der Waals surface area contributed by atoms with E-state index in [0.29, 0.717) is 18.7 Å². The predicted octanol–water partition coefficient (Wildman–Crippen LogP) is 2.45. The fraction of sp³-hybridized carbons (Fsp3) is 0.364. The van der Waals surface area contributed by atoms with Crippen molar-refractivity contribution < 1.29 is 9.53 Å². The van der Waals surface area contributed by atoms with E-state index in [-0.39, 0.29) is 5.91 Å². The molecule has 148 valence electrons. The lowest BCUT2D eigenvalue weighted by molar-refractivity contribution is 0.0954. The summed E-state index contributed by atoms with van der Waals surface area (Å²) in [4.78, 5) is 19.2. The van der Waals surface area contributed by atoms with E-state index < -0.39 is 0 Å². The third-order valence-corrected chi connectivity index (χ3v) is 4.78. The zero-order valence-electron chi connectivity index (χ0n) is 16.6. The Morgan fingerprint density at radius 3 is 2.57 bits per heavy atom. The summed E-state index contributed by atoms with van der Waals surface area (Å²) in [5.74, 6) is 1.53. The minimum Gasteiger partial charge on any atom is -0.497 e. The summed E-state index contributed by atoms with van der Waals surface area (Å²) in [5.41, 5.74) is 3.39. The standard InChI is InChI=1S/C22H28N4O2/c1-3-23-22(26-15-12-17-6-4-5-7-19(17)16-26)25-14-13-24-21(27)18-8-10-20(28-2)11-9-18/h4-11H,3,12-16H2,1-2H3,(H,23,25)(H,24,27). The second kappa shape index (κ2) is 9.78. The molecule has 28 heavy (non-hydrogen) atoms. The van der Waals surface area contributed by atoms with E-state index in [9.17, 15) is 4.79 Å². The summed E-state index contributed by atoms with van der Waals surface area (Å²) in [5, 5.41) is 6.28. The fourth-order valence-corrected chi connectivity index (χ4v) is 3.28. The van der Waals surface area contributed by atoms with Gasteiger partial charge in [-0.2, -0.15) is 0 Å². The molecule has 1 amide bonds. The number of benzene rings is 2. The van der Waals surface area contributed by atoms with Gasteiger partial charge in [0.2, 0.25) is 0 Å². The Balaban J connectivity index is 1.54. The highest BCUT2D eigenvalue weighted by atomic mass is 16.5. The van der Waals surface area contributed by atoms with E-state index in [0.717, 1.165) is 37.8 Å². The van der Waals surface area contributed by atoms with Crippen LogP contribution in [-0.2, 0) is 13.0 Å². The fourth-order valence-electron chi connectivity index (χ4n) is 3.28. The van der Waals surface area contributed by atoms with Crippen LogP contribution in [0.1, 0.15) is 28.4 Å². The van der Waals surface area contributed by atoms with E-state index in [1.807, 2.05) is 0 Å². The number of amides is 1. The molecule has 3 rings (SSSR count). The first-order chi connectivity index (χ1) is 13.7. The lowest BCUT2D eigenvalue weighted by atomic mass is 10.0. The van der Waals surface area contributed by atoms with Gasteiger partial charge in [0.15, 0.2) is 5.96 Å². The summed E-state index contributed by atoms with van der Waals surface area (Å²) in [6.07, 6.45) is 1.02. The van der Waals surface area contributed by atoms with Gasteiger partial charge in [0, 0.05) is 31.7 Å². The van der Waals surface area contributed by atoms with Crippen LogP contribution in [0, 0.1) is 0 Å². The Hall–Kier alpha value is -3.02. The molecule has 0 fully saturated rings. The maximum absolute atomic E-state index is 12.2. The number of rotatable bonds is 6. The summed E-state index contributed by atoms with van der Waals surface area (Å²) >= 11 is 0. The van der Waals surface area contributed by atoms with Crippen LogP contribution in [0.3, 0.4) is 0 Å². The van der Waals surface area contributed by atoms with E-state index in [4.69, 9.17) is 9.73 Å². The normalized spacial score (nSPS) is 13.6. The second-order valence-corrected chi connectivity index (χ2v) is 6.66. The highest BCUT2D eigenvalue weighted by Crippen LogP contribution is 2.18. The quantitative estimate of drug-likeness (QED) is 0.459. The van der Waals surface area contributed by atoms with Crippen LogP contribution in [0.5, 0.6) is 5.75 Å². The molecule has 0 unspecified atom stereocenters. The third kappa shape index (κ3) is 5.03. The largest absolute Gasteiger partial charge is 0.497 e. The smallest absolute Gasteiger partial charge is 0.251 e. The first kappa shape index (κ1) is 19.7. The monoisotopic (exact) mass is 380 g/mol. The van der Waals surface area contributed by atoms with Gasteiger partial charge in [-0.1, -0.05) is 24.3 Å². The SMILES string of the molecule is CCNC(=NCCNC(=O)c1ccc(OC)cc1)N1CCc2ccccc2C1. The van der Waals surface area contributed by atoms with Crippen molar-refractivity contribution in [2.45, 2.75) is 19.9 Å². The van der Waals surface area contributed by atoms with E-state index in [2.05, 4.69) is 46.7 Å². The number of guanidine groups is 1. The van der Waals surface area contributed by atoms with Gasteiger partial charge in [-0.15, -0.1) is 0 Å². The molecule has 6 heteroatoms. The van der Waals surface area contributed by atoms with Crippen LogP contribution in [0.15, 0.2) is 53.5 Å². The molecule has 2 aromatic rings. The van der Waals surface area contributed by atoms with Crippen LogP contribution >= 0.6 is 0 Å². The summed E-state index contributed by atoms with van der Waals surface area (Å²) in [6.45, 7) is 5.71. The van der Waals surface area contributed by atoms with Crippen LogP contribution in [0.25, 0.3) is 0 Å². The molecule has 1 aliphatic rings. The van der Waals surface area contributed by atoms with Crippen molar-refractivity contribution in [3.63, 3.8) is 0 Å².